The van der Waals surface area contributed by atoms with Crippen molar-refractivity contribution in [3.63, 3.8) is 0 Å². The smallest absolute Gasteiger partial charge is 0.328 e. The van der Waals surface area contributed by atoms with E-state index in [0.29, 0.717) is 42.8 Å². The highest BCUT2D eigenvalue weighted by molar-refractivity contribution is 7.98. The van der Waals surface area contributed by atoms with E-state index in [0.717, 1.165) is 16.9 Å². The van der Waals surface area contributed by atoms with Gasteiger partial charge >= 0.3 is 5.97 Å². The molecule has 4 rings (SSSR count). The Labute approximate surface area is 242 Å². The summed E-state index contributed by atoms with van der Waals surface area (Å²) in [7, 11) is 1.29. The second kappa shape index (κ2) is 14.5. The number of hydrogen-bond donors (Lipinski definition) is 1. The highest BCUT2D eigenvalue weighted by Gasteiger charge is 2.24. The molecule has 0 saturated heterocycles. The molecule has 214 valence electrons. The lowest BCUT2D eigenvalue weighted by Gasteiger charge is -2.27. The third-order valence-corrected chi connectivity index (χ3v) is 7.28. The van der Waals surface area contributed by atoms with E-state index in [4.69, 9.17) is 4.74 Å². The highest BCUT2D eigenvalue weighted by Crippen LogP contribution is 2.29. The van der Waals surface area contributed by atoms with Crippen molar-refractivity contribution in [1.29, 1.82) is 0 Å². The van der Waals surface area contributed by atoms with Crippen LogP contribution in [0.3, 0.4) is 0 Å². The van der Waals surface area contributed by atoms with Crippen molar-refractivity contribution in [3.05, 3.63) is 114 Å². The molecule has 1 heterocycles. The zero-order valence-electron chi connectivity index (χ0n) is 22.9. The molecule has 7 nitrogen and oxygen atoms in total. The molecule has 1 atom stereocenters. The van der Waals surface area contributed by atoms with Crippen LogP contribution in [0, 0.1) is 11.6 Å². The van der Waals surface area contributed by atoms with Crippen molar-refractivity contribution >= 4 is 35.0 Å². The number of hydrogen-bond acceptors (Lipinski definition) is 6. The Morgan fingerprint density at radius 3 is 2.34 bits per heavy atom. The van der Waals surface area contributed by atoms with Gasteiger partial charge in [-0.15, -0.1) is 0 Å². The first-order valence-corrected chi connectivity index (χ1v) is 14.5. The maximum absolute atomic E-state index is 13.8. The Hall–Kier alpha value is -4.18. The van der Waals surface area contributed by atoms with E-state index >= 15 is 0 Å². The standard InChI is InChI=1S/C31H32F2N4O3S/c1-40-31(39)29(13-18-41-2)35-30(38)28-12-11-27(20-23(28)19-22-3-5-24(32)6-4-22)37(17-16-36-15-14-34-21-36)26-9-7-25(33)8-10-26/h3-12,14-15,20-21,29H,13,16-19H2,1-2H3,(H,35,38). The lowest BCUT2D eigenvalue weighted by atomic mass is 9.97. The Bertz CT molecular complexity index is 1430. The van der Waals surface area contributed by atoms with Gasteiger partial charge in [0.05, 0.1) is 13.4 Å². The second-order valence-corrected chi connectivity index (χ2v) is 10.4. The van der Waals surface area contributed by atoms with Crippen LogP contribution in [-0.4, -0.2) is 53.1 Å². The normalized spacial score (nSPS) is 11.6. The van der Waals surface area contributed by atoms with Crippen LogP contribution < -0.4 is 10.2 Å². The first kappa shape index (κ1) is 29.8. The Morgan fingerprint density at radius 2 is 1.71 bits per heavy atom. The van der Waals surface area contributed by atoms with E-state index in [-0.39, 0.29) is 11.6 Å². The van der Waals surface area contributed by atoms with Crippen LogP contribution in [0.25, 0.3) is 0 Å². The quantitative estimate of drug-likeness (QED) is 0.208. The summed E-state index contributed by atoms with van der Waals surface area (Å²) in [6.07, 6.45) is 8.00. The number of thioether (sulfide) groups is 1. The van der Waals surface area contributed by atoms with Crippen molar-refractivity contribution in [3.8, 4) is 0 Å². The van der Waals surface area contributed by atoms with Gasteiger partial charge in [-0.05, 0) is 90.6 Å². The molecule has 0 spiro atoms. The van der Waals surface area contributed by atoms with Gasteiger partial charge in [0, 0.05) is 42.4 Å². The lowest BCUT2D eigenvalue weighted by Crippen LogP contribution is -2.42. The molecule has 1 amide bonds. The SMILES string of the molecule is COC(=O)C(CCSC)NC(=O)c1ccc(N(CCn2ccnc2)c2ccc(F)cc2)cc1Cc1ccc(F)cc1. The fourth-order valence-electron chi connectivity index (χ4n) is 4.46. The Balaban J connectivity index is 1.71. The molecule has 1 unspecified atom stereocenters. The number of imidazole rings is 1. The van der Waals surface area contributed by atoms with Gasteiger partial charge in [0.15, 0.2) is 0 Å². The molecular formula is C31H32F2N4O3S. The molecule has 1 aromatic heterocycles. The zero-order chi connectivity index (χ0) is 29.2. The third kappa shape index (κ3) is 8.17. The number of benzene rings is 3. The molecule has 0 aliphatic carbocycles. The predicted molar refractivity (Wildman–Crippen MR) is 158 cm³/mol. The number of methoxy groups -OCH3 is 1. The highest BCUT2D eigenvalue weighted by atomic mass is 32.2. The molecule has 0 fully saturated rings. The number of anilines is 2. The third-order valence-electron chi connectivity index (χ3n) is 6.63. The average molecular weight is 579 g/mol. The van der Waals surface area contributed by atoms with Gasteiger partial charge < -0.3 is 19.5 Å². The minimum Gasteiger partial charge on any atom is -0.467 e. The number of halogens is 2. The molecule has 0 radical (unpaired) electrons. The second-order valence-electron chi connectivity index (χ2n) is 9.40. The van der Waals surface area contributed by atoms with Gasteiger partial charge in [-0.2, -0.15) is 11.8 Å². The van der Waals surface area contributed by atoms with E-state index in [1.807, 2.05) is 34.1 Å². The van der Waals surface area contributed by atoms with Crippen LogP contribution in [0.15, 0.2) is 85.5 Å². The largest absolute Gasteiger partial charge is 0.467 e. The molecule has 0 saturated carbocycles. The first-order valence-electron chi connectivity index (χ1n) is 13.1. The number of amides is 1. The van der Waals surface area contributed by atoms with Crippen LogP contribution >= 0.6 is 11.8 Å². The van der Waals surface area contributed by atoms with Crippen LogP contribution in [0.5, 0.6) is 0 Å². The number of carbonyl (C=O) groups is 2. The van der Waals surface area contributed by atoms with Crippen molar-refractivity contribution in [2.45, 2.75) is 25.4 Å². The molecular weight excluding hydrogens is 546 g/mol. The molecule has 1 N–H and O–H groups in total. The molecule has 0 aliphatic heterocycles. The minimum atomic E-state index is -0.788. The number of nitrogens with zero attached hydrogens (tertiary/aromatic N) is 3. The van der Waals surface area contributed by atoms with Crippen LogP contribution in [0.2, 0.25) is 0 Å². The number of ether oxygens (including phenoxy) is 1. The maximum Gasteiger partial charge on any atom is 0.328 e. The number of aromatic nitrogens is 2. The molecule has 0 aliphatic rings. The lowest BCUT2D eigenvalue weighted by molar-refractivity contribution is -0.142. The molecule has 0 bridgehead atoms. The van der Waals surface area contributed by atoms with E-state index in [2.05, 4.69) is 10.3 Å². The maximum atomic E-state index is 13.8. The van der Waals surface area contributed by atoms with Gasteiger partial charge in [-0.1, -0.05) is 12.1 Å². The van der Waals surface area contributed by atoms with Crippen LogP contribution in [-0.2, 0) is 22.5 Å². The van der Waals surface area contributed by atoms with Crippen molar-refractivity contribution in [2.24, 2.45) is 0 Å². The molecule has 10 heteroatoms. The summed E-state index contributed by atoms with van der Waals surface area (Å²) in [4.78, 5) is 32.0. The zero-order valence-corrected chi connectivity index (χ0v) is 23.7. The Kier molecular flexibility index (Phi) is 10.5. The monoisotopic (exact) mass is 578 g/mol. The number of rotatable bonds is 13. The Morgan fingerprint density at radius 1 is 1.02 bits per heavy atom. The van der Waals surface area contributed by atoms with Gasteiger partial charge in [-0.25, -0.2) is 18.6 Å². The molecule has 3 aromatic carbocycles. The summed E-state index contributed by atoms with van der Waals surface area (Å²) in [5.74, 6) is -0.931. The van der Waals surface area contributed by atoms with Gasteiger partial charge in [0.2, 0.25) is 0 Å². The molecule has 41 heavy (non-hydrogen) atoms. The summed E-state index contributed by atoms with van der Waals surface area (Å²) in [5.41, 5.74) is 3.47. The fourth-order valence-corrected chi connectivity index (χ4v) is 4.94. The summed E-state index contributed by atoms with van der Waals surface area (Å²) >= 11 is 1.57. The summed E-state index contributed by atoms with van der Waals surface area (Å²) in [5, 5.41) is 2.83. The number of carbonyl (C=O) groups excluding carboxylic acids is 2. The van der Waals surface area contributed by atoms with Gasteiger partial charge in [-0.3, -0.25) is 4.79 Å². The average Bonchev–Trinajstić information content (AvgIpc) is 3.51. The minimum absolute atomic E-state index is 0.339. The van der Waals surface area contributed by atoms with Crippen molar-refractivity contribution < 1.29 is 23.1 Å². The van der Waals surface area contributed by atoms with Gasteiger partial charge in [0.1, 0.15) is 17.7 Å². The molecule has 4 aromatic rings. The first-order chi connectivity index (χ1) is 19.9. The van der Waals surface area contributed by atoms with E-state index < -0.39 is 17.9 Å². The summed E-state index contributed by atoms with van der Waals surface area (Å²) in [6, 6.07) is 17.0. The van der Waals surface area contributed by atoms with E-state index in [1.165, 1.54) is 31.4 Å². The van der Waals surface area contributed by atoms with Crippen molar-refractivity contribution in [1.82, 2.24) is 14.9 Å². The fraction of sp³-hybridized carbons (Fsp3) is 0.258. The topological polar surface area (TPSA) is 76.5 Å². The van der Waals surface area contributed by atoms with E-state index in [1.54, 1.807) is 54.6 Å². The summed E-state index contributed by atoms with van der Waals surface area (Å²) < 4.78 is 34.2. The van der Waals surface area contributed by atoms with Crippen molar-refractivity contribution in [2.75, 3.05) is 30.6 Å². The summed E-state index contributed by atoms with van der Waals surface area (Å²) in [6.45, 7) is 1.16. The van der Waals surface area contributed by atoms with E-state index in [9.17, 15) is 18.4 Å². The van der Waals surface area contributed by atoms with Crippen LogP contribution in [0.4, 0.5) is 20.2 Å². The van der Waals surface area contributed by atoms with Crippen LogP contribution in [0.1, 0.15) is 27.9 Å². The predicted octanol–water partition coefficient (Wildman–Crippen LogP) is 5.61. The number of nitrogens with one attached hydrogen (secondary N) is 1. The number of esters is 1. The van der Waals surface area contributed by atoms with Gasteiger partial charge in [0.25, 0.3) is 5.91 Å².